The smallest absolute Gasteiger partial charge is 0.00262 e. The second-order valence-electron chi connectivity index (χ2n) is 10.5. The molecule has 48 heavy (non-hydrogen) atoms. The van der Waals surface area contributed by atoms with E-state index in [9.17, 15) is 0 Å². The number of rotatable bonds is 3. The summed E-state index contributed by atoms with van der Waals surface area (Å²) in [6.45, 7) is 16.0. The predicted octanol–water partition coefficient (Wildman–Crippen LogP) is 15.4. The van der Waals surface area contributed by atoms with Crippen molar-refractivity contribution in [2.24, 2.45) is 0 Å². The summed E-state index contributed by atoms with van der Waals surface area (Å²) in [5.74, 6) is 0. The van der Waals surface area contributed by atoms with Crippen LogP contribution in [0.4, 0.5) is 0 Å². The fourth-order valence-corrected chi connectivity index (χ4v) is 6.39. The molecule has 0 aliphatic heterocycles. The molecule has 0 aliphatic carbocycles. The van der Waals surface area contributed by atoms with Gasteiger partial charge in [-0.3, -0.25) is 0 Å². The van der Waals surface area contributed by atoms with Gasteiger partial charge in [0, 0.05) is 0 Å². The maximum absolute atomic E-state index is 2.34. The molecule has 0 atom stereocenters. The SMILES string of the molecule is CC.CC.CC.CC.c1ccc2cc(-c3c4ccccc4c(-c4ccc(-c5cccc6ccccc56)cc4)c4ccccc34)ccc2c1. The predicted molar refractivity (Wildman–Crippen MR) is 218 cm³/mol. The van der Waals surface area contributed by atoms with Crippen LogP contribution in [0.5, 0.6) is 0 Å². The van der Waals surface area contributed by atoms with E-state index in [0.717, 1.165) is 0 Å². The van der Waals surface area contributed by atoms with Gasteiger partial charge in [-0.05, 0) is 82.5 Å². The van der Waals surface area contributed by atoms with Crippen molar-refractivity contribution < 1.29 is 0 Å². The molecule has 0 saturated heterocycles. The zero-order valence-electron chi connectivity index (χ0n) is 30.0. The lowest BCUT2D eigenvalue weighted by Crippen LogP contribution is -1.91. The molecular formula is C48H50. The van der Waals surface area contributed by atoms with Gasteiger partial charge >= 0.3 is 0 Å². The molecule has 0 fully saturated rings. The van der Waals surface area contributed by atoms with Crippen LogP contribution in [0.1, 0.15) is 55.4 Å². The van der Waals surface area contributed by atoms with E-state index in [0.29, 0.717) is 0 Å². The Hall–Kier alpha value is -5.20. The molecule has 0 radical (unpaired) electrons. The lowest BCUT2D eigenvalue weighted by Gasteiger charge is -2.18. The fraction of sp³-hybridized carbons (Fsp3) is 0.167. The van der Waals surface area contributed by atoms with Gasteiger partial charge < -0.3 is 0 Å². The van der Waals surface area contributed by atoms with Crippen molar-refractivity contribution in [3.63, 3.8) is 0 Å². The zero-order chi connectivity index (χ0) is 34.5. The van der Waals surface area contributed by atoms with Gasteiger partial charge in [0.1, 0.15) is 0 Å². The minimum absolute atomic E-state index is 1.24. The van der Waals surface area contributed by atoms with Gasteiger partial charge in [-0.15, -0.1) is 0 Å². The van der Waals surface area contributed by atoms with Gasteiger partial charge in [-0.25, -0.2) is 0 Å². The van der Waals surface area contributed by atoms with E-state index < -0.39 is 0 Å². The Morgan fingerprint density at radius 2 is 0.625 bits per heavy atom. The van der Waals surface area contributed by atoms with Gasteiger partial charge in [-0.2, -0.15) is 0 Å². The summed E-state index contributed by atoms with van der Waals surface area (Å²) < 4.78 is 0. The largest absolute Gasteiger partial charge is 0.0683 e. The lowest BCUT2D eigenvalue weighted by atomic mass is 9.85. The second kappa shape index (κ2) is 17.6. The fourth-order valence-electron chi connectivity index (χ4n) is 6.39. The van der Waals surface area contributed by atoms with Gasteiger partial charge in [0.05, 0.1) is 0 Å². The van der Waals surface area contributed by atoms with E-state index in [2.05, 4.69) is 158 Å². The van der Waals surface area contributed by atoms with Crippen LogP contribution in [-0.4, -0.2) is 0 Å². The maximum Gasteiger partial charge on any atom is -0.00262 e. The molecule has 0 unspecified atom stereocenters. The van der Waals surface area contributed by atoms with Crippen molar-refractivity contribution in [2.45, 2.75) is 55.4 Å². The van der Waals surface area contributed by atoms with Gasteiger partial charge in [0.2, 0.25) is 0 Å². The quantitative estimate of drug-likeness (QED) is 0.171. The average Bonchev–Trinajstić information content (AvgIpc) is 3.19. The van der Waals surface area contributed by atoms with E-state index >= 15 is 0 Å². The Morgan fingerprint density at radius 3 is 1.17 bits per heavy atom. The van der Waals surface area contributed by atoms with Crippen LogP contribution in [0.3, 0.4) is 0 Å². The van der Waals surface area contributed by atoms with Crippen LogP contribution >= 0.6 is 0 Å². The molecule has 0 aliphatic rings. The lowest BCUT2D eigenvalue weighted by molar-refractivity contribution is 1.50. The topological polar surface area (TPSA) is 0 Å². The first-order chi connectivity index (χ1) is 23.8. The molecule has 0 spiro atoms. The standard InChI is InChI=1S/C40H26.4C2H6/c1-2-12-31-26-32(25-20-27(31)10-1)40-37-17-7-5-15-35(37)39(36-16-6-8-18-38(36)40)30-23-21-29(22-24-30)34-19-9-13-28-11-3-4-14-33(28)34;4*1-2/h1-26H;4*1-2H3. The highest BCUT2D eigenvalue weighted by molar-refractivity contribution is 6.21. The number of benzene rings is 8. The minimum Gasteiger partial charge on any atom is -0.0683 e. The minimum atomic E-state index is 1.24. The van der Waals surface area contributed by atoms with Crippen molar-refractivity contribution in [3.05, 3.63) is 158 Å². The molecule has 0 amide bonds. The van der Waals surface area contributed by atoms with Crippen LogP contribution in [0.15, 0.2) is 158 Å². The molecule has 8 aromatic carbocycles. The Balaban J connectivity index is 0.000000608. The van der Waals surface area contributed by atoms with Gasteiger partial charge in [0.25, 0.3) is 0 Å². The molecule has 0 bridgehead atoms. The van der Waals surface area contributed by atoms with Crippen LogP contribution in [0.25, 0.3) is 76.5 Å². The monoisotopic (exact) mass is 626 g/mol. The molecule has 242 valence electrons. The Kier molecular flexibility index (Phi) is 13.1. The third-order valence-electron chi connectivity index (χ3n) is 8.24. The third-order valence-corrected chi connectivity index (χ3v) is 8.24. The Bertz CT molecular complexity index is 2140. The zero-order valence-corrected chi connectivity index (χ0v) is 30.0. The Morgan fingerprint density at radius 1 is 0.250 bits per heavy atom. The molecule has 0 heterocycles. The molecule has 0 aromatic heterocycles. The first-order valence-corrected chi connectivity index (χ1v) is 17.9. The van der Waals surface area contributed by atoms with Crippen molar-refractivity contribution in [1.29, 1.82) is 0 Å². The normalized spacial score (nSPS) is 10.1. The summed E-state index contributed by atoms with van der Waals surface area (Å²) in [5, 5.41) is 10.2. The second-order valence-corrected chi connectivity index (χ2v) is 10.5. The molecule has 8 rings (SSSR count). The van der Waals surface area contributed by atoms with E-state index in [1.54, 1.807) is 0 Å². The number of hydrogen-bond acceptors (Lipinski definition) is 0. The summed E-state index contributed by atoms with van der Waals surface area (Å²) in [7, 11) is 0. The molecule has 0 nitrogen and oxygen atoms in total. The highest BCUT2D eigenvalue weighted by Gasteiger charge is 2.17. The summed E-state index contributed by atoms with van der Waals surface area (Å²) in [6.07, 6.45) is 0. The molecular weight excluding hydrogens is 577 g/mol. The third kappa shape index (κ3) is 7.04. The van der Waals surface area contributed by atoms with Crippen molar-refractivity contribution >= 4 is 43.1 Å². The van der Waals surface area contributed by atoms with E-state index in [4.69, 9.17) is 0 Å². The van der Waals surface area contributed by atoms with Crippen LogP contribution in [0.2, 0.25) is 0 Å². The highest BCUT2D eigenvalue weighted by atomic mass is 14.2. The van der Waals surface area contributed by atoms with E-state index in [1.807, 2.05) is 55.4 Å². The first kappa shape index (κ1) is 35.7. The van der Waals surface area contributed by atoms with Crippen molar-refractivity contribution in [3.8, 4) is 33.4 Å². The average molecular weight is 627 g/mol. The van der Waals surface area contributed by atoms with Crippen molar-refractivity contribution in [2.75, 3.05) is 0 Å². The maximum atomic E-state index is 2.34. The number of fused-ring (bicyclic) bond motifs is 4. The van der Waals surface area contributed by atoms with Gasteiger partial charge in [0.15, 0.2) is 0 Å². The summed E-state index contributed by atoms with van der Waals surface area (Å²) in [5.41, 5.74) is 7.59. The summed E-state index contributed by atoms with van der Waals surface area (Å²) >= 11 is 0. The molecule has 0 N–H and O–H groups in total. The van der Waals surface area contributed by atoms with E-state index in [1.165, 1.54) is 76.5 Å². The van der Waals surface area contributed by atoms with Crippen LogP contribution < -0.4 is 0 Å². The summed E-state index contributed by atoms with van der Waals surface area (Å²) in [6, 6.07) is 57.5. The van der Waals surface area contributed by atoms with Crippen LogP contribution in [-0.2, 0) is 0 Å². The van der Waals surface area contributed by atoms with Crippen molar-refractivity contribution in [1.82, 2.24) is 0 Å². The summed E-state index contributed by atoms with van der Waals surface area (Å²) in [4.78, 5) is 0. The Labute approximate surface area is 288 Å². The molecule has 8 aromatic rings. The molecule has 0 heteroatoms. The number of hydrogen-bond donors (Lipinski definition) is 0. The van der Waals surface area contributed by atoms with E-state index in [-0.39, 0.29) is 0 Å². The first-order valence-electron chi connectivity index (χ1n) is 17.9. The highest BCUT2D eigenvalue weighted by Crippen LogP contribution is 2.44. The molecule has 0 saturated carbocycles. The van der Waals surface area contributed by atoms with Gasteiger partial charge in [-0.1, -0.05) is 207 Å². The van der Waals surface area contributed by atoms with Crippen LogP contribution in [0, 0.1) is 0 Å².